The highest BCUT2D eigenvalue weighted by atomic mass is 32.2. The first-order chi connectivity index (χ1) is 12.0. The summed E-state index contributed by atoms with van der Waals surface area (Å²) in [5.74, 6) is 1.48. The van der Waals surface area contributed by atoms with Crippen molar-refractivity contribution < 1.29 is 13.2 Å². The van der Waals surface area contributed by atoms with Gasteiger partial charge in [0.1, 0.15) is 11.5 Å². The maximum atomic E-state index is 11.3. The summed E-state index contributed by atoms with van der Waals surface area (Å²) in [5, 5.41) is 9.01. The molecule has 0 unspecified atom stereocenters. The van der Waals surface area contributed by atoms with E-state index in [4.69, 9.17) is 9.88 Å². The van der Waals surface area contributed by atoms with Crippen molar-refractivity contribution in [2.24, 2.45) is 5.14 Å². The monoisotopic (exact) mass is 372 g/mol. The van der Waals surface area contributed by atoms with Gasteiger partial charge in [0.2, 0.25) is 9.30 Å². The van der Waals surface area contributed by atoms with Gasteiger partial charge in [-0.1, -0.05) is 29.5 Å². The van der Waals surface area contributed by atoms with Gasteiger partial charge in [-0.3, -0.25) is 0 Å². The second-order valence-electron chi connectivity index (χ2n) is 5.21. The zero-order valence-corrected chi connectivity index (χ0v) is 14.4. The molecular weight excluding hydrogens is 360 g/mol. The molecule has 2 N–H and O–H groups in total. The van der Waals surface area contributed by atoms with Crippen molar-refractivity contribution in [3.05, 3.63) is 60.8 Å². The Balaban J connectivity index is 1.59. The molecule has 0 aliphatic rings. The molecule has 0 radical (unpaired) electrons. The van der Waals surface area contributed by atoms with Crippen LogP contribution in [-0.2, 0) is 10.0 Å². The number of aromatic nitrogens is 3. The maximum Gasteiger partial charge on any atom is 0.267 e. The van der Waals surface area contributed by atoms with Crippen LogP contribution in [0.2, 0.25) is 0 Å². The van der Waals surface area contributed by atoms with Gasteiger partial charge in [-0.2, -0.15) is 0 Å². The summed E-state index contributed by atoms with van der Waals surface area (Å²) in [7, 11) is -3.82. The SMILES string of the molecule is NS(=O)(=O)c1nn2cc(-c3ccc(Oc4ccccc4)cc3)nc2s1. The smallest absolute Gasteiger partial charge is 0.267 e. The molecule has 0 saturated carbocycles. The molecular formula is C16H12N4O3S2. The lowest BCUT2D eigenvalue weighted by atomic mass is 10.2. The van der Waals surface area contributed by atoms with E-state index in [9.17, 15) is 8.42 Å². The molecule has 0 bridgehead atoms. The second kappa shape index (κ2) is 5.96. The Bertz CT molecular complexity index is 1100. The summed E-state index contributed by atoms with van der Waals surface area (Å²) < 4.78 is 29.6. The lowest BCUT2D eigenvalue weighted by Crippen LogP contribution is -2.12. The number of para-hydroxylation sites is 1. The zero-order valence-electron chi connectivity index (χ0n) is 12.7. The zero-order chi connectivity index (χ0) is 17.4. The third-order valence-electron chi connectivity index (χ3n) is 3.40. The summed E-state index contributed by atoms with van der Waals surface area (Å²) in [6, 6.07) is 17.0. The van der Waals surface area contributed by atoms with Crippen LogP contribution in [0.4, 0.5) is 0 Å². The minimum atomic E-state index is -3.82. The quantitative estimate of drug-likeness (QED) is 0.594. The van der Waals surface area contributed by atoms with Crippen LogP contribution in [0.1, 0.15) is 0 Å². The first-order valence-electron chi connectivity index (χ1n) is 7.21. The van der Waals surface area contributed by atoms with Crippen LogP contribution >= 0.6 is 11.3 Å². The highest BCUT2D eigenvalue weighted by Gasteiger charge is 2.17. The van der Waals surface area contributed by atoms with Crippen LogP contribution < -0.4 is 9.88 Å². The van der Waals surface area contributed by atoms with E-state index in [1.165, 1.54) is 4.52 Å². The second-order valence-corrected chi connectivity index (χ2v) is 7.90. The number of sulfonamides is 1. The number of hydrogen-bond donors (Lipinski definition) is 1. The summed E-state index contributed by atoms with van der Waals surface area (Å²) in [6.07, 6.45) is 1.66. The molecule has 4 rings (SSSR count). The number of imidazole rings is 1. The molecule has 0 fully saturated rings. The highest BCUT2D eigenvalue weighted by molar-refractivity contribution is 7.91. The van der Waals surface area contributed by atoms with Crippen molar-refractivity contribution in [2.75, 3.05) is 0 Å². The molecule has 2 aromatic heterocycles. The van der Waals surface area contributed by atoms with Crippen LogP contribution in [0.25, 0.3) is 16.2 Å². The molecule has 25 heavy (non-hydrogen) atoms. The molecule has 0 aliphatic heterocycles. The normalized spacial score (nSPS) is 11.7. The van der Waals surface area contributed by atoms with Crippen LogP contribution in [0.3, 0.4) is 0 Å². The molecule has 0 saturated heterocycles. The van der Waals surface area contributed by atoms with Gasteiger partial charge in [0.25, 0.3) is 10.0 Å². The maximum absolute atomic E-state index is 11.3. The highest BCUT2D eigenvalue weighted by Crippen LogP contribution is 2.27. The Kier molecular flexibility index (Phi) is 3.75. The molecule has 2 heterocycles. The molecule has 0 aliphatic carbocycles. The fourth-order valence-corrected chi connectivity index (χ4v) is 3.76. The Labute approximate surface area is 147 Å². The van der Waals surface area contributed by atoms with E-state index < -0.39 is 10.0 Å². The molecule has 2 aromatic carbocycles. The van der Waals surface area contributed by atoms with Crippen molar-refractivity contribution in [3.63, 3.8) is 0 Å². The van der Waals surface area contributed by atoms with Crippen molar-refractivity contribution in [3.8, 4) is 22.8 Å². The van der Waals surface area contributed by atoms with E-state index in [2.05, 4.69) is 10.1 Å². The minimum absolute atomic E-state index is 0.159. The lowest BCUT2D eigenvalue weighted by molar-refractivity contribution is 0.483. The molecule has 4 aromatic rings. The molecule has 126 valence electrons. The number of fused-ring (bicyclic) bond motifs is 1. The van der Waals surface area contributed by atoms with E-state index in [0.29, 0.717) is 16.4 Å². The first-order valence-corrected chi connectivity index (χ1v) is 9.58. The van der Waals surface area contributed by atoms with Gasteiger partial charge in [-0.15, -0.1) is 5.10 Å². The summed E-state index contributed by atoms with van der Waals surface area (Å²) in [4.78, 5) is 4.85. The van der Waals surface area contributed by atoms with E-state index in [1.807, 2.05) is 54.6 Å². The Morgan fingerprint density at radius 1 is 1.00 bits per heavy atom. The number of rotatable bonds is 4. The van der Waals surface area contributed by atoms with Gasteiger partial charge >= 0.3 is 0 Å². The predicted octanol–water partition coefficient (Wildman–Crippen LogP) is 2.90. The number of benzene rings is 2. The van der Waals surface area contributed by atoms with Crippen molar-refractivity contribution in [2.45, 2.75) is 4.34 Å². The fourth-order valence-electron chi connectivity index (χ4n) is 2.25. The lowest BCUT2D eigenvalue weighted by Gasteiger charge is -2.05. The number of nitrogens with zero attached hydrogens (tertiary/aromatic N) is 3. The molecule has 0 spiro atoms. The van der Waals surface area contributed by atoms with Crippen LogP contribution in [0.5, 0.6) is 11.5 Å². The molecule has 7 nitrogen and oxygen atoms in total. The van der Waals surface area contributed by atoms with Gasteiger partial charge < -0.3 is 4.74 Å². The molecule has 0 amide bonds. The Morgan fingerprint density at radius 2 is 1.68 bits per heavy atom. The van der Waals surface area contributed by atoms with E-state index >= 15 is 0 Å². The summed E-state index contributed by atoms with van der Waals surface area (Å²) in [5.41, 5.74) is 1.56. The Morgan fingerprint density at radius 3 is 2.32 bits per heavy atom. The van der Waals surface area contributed by atoms with Gasteiger partial charge in [-0.25, -0.2) is 23.1 Å². The number of hydrogen-bond acceptors (Lipinski definition) is 6. The number of primary sulfonamides is 1. The topological polar surface area (TPSA) is 99.6 Å². The Hall–Kier alpha value is -2.75. The van der Waals surface area contributed by atoms with Gasteiger partial charge in [-0.05, 0) is 36.4 Å². The van der Waals surface area contributed by atoms with Crippen LogP contribution in [0.15, 0.2) is 65.1 Å². The van der Waals surface area contributed by atoms with E-state index in [1.54, 1.807) is 6.20 Å². The minimum Gasteiger partial charge on any atom is -0.457 e. The number of nitrogens with two attached hydrogens (primary N) is 1. The molecule has 9 heteroatoms. The number of ether oxygens (including phenoxy) is 1. The van der Waals surface area contributed by atoms with Crippen LogP contribution in [-0.4, -0.2) is 23.0 Å². The first kappa shape index (κ1) is 15.8. The van der Waals surface area contributed by atoms with Gasteiger partial charge in [0, 0.05) is 5.56 Å². The summed E-state index contributed by atoms with van der Waals surface area (Å²) in [6.45, 7) is 0. The largest absolute Gasteiger partial charge is 0.457 e. The average molecular weight is 372 g/mol. The predicted molar refractivity (Wildman–Crippen MR) is 94.2 cm³/mol. The summed E-state index contributed by atoms with van der Waals surface area (Å²) >= 11 is 0.928. The van der Waals surface area contributed by atoms with Gasteiger partial charge in [0.15, 0.2) is 0 Å². The van der Waals surface area contributed by atoms with E-state index in [-0.39, 0.29) is 4.34 Å². The van der Waals surface area contributed by atoms with Crippen molar-refractivity contribution >= 4 is 26.3 Å². The van der Waals surface area contributed by atoms with Gasteiger partial charge in [0.05, 0.1) is 11.9 Å². The van der Waals surface area contributed by atoms with Crippen molar-refractivity contribution in [1.82, 2.24) is 14.6 Å². The third-order valence-corrected chi connectivity index (χ3v) is 5.63. The van der Waals surface area contributed by atoms with Crippen LogP contribution in [0, 0.1) is 0 Å². The molecule has 0 atom stereocenters. The fraction of sp³-hybridized carbons (Fsp3) is 0. The third kappa shape index (κ3) is 3.25. The standard InChI is InChI=1S/C16H12N4O3S2/c17-25(21,22)16-19-20-10-14(18-15(20)24-16)11-6-8-13(9-7-11)23-12-4-2-1-3-5-12/h1-10H,(H2,17,21,22). The average Bonchev–Trinajstić information content (AvgIpc) is 3.15. The van der Waals surface area contributed by atoms with E-state index in [0.717, 1.165) is 22.6 Å². The van der Waals surface area contributed by atoms with Crippen molar-refractivity contribution in [1.29, 1.82) is 0 Å².